The minimum absolute atomic E-state index is 0.140. The monoisotopic (exact) mass is 338 g/mol. The first kappa shape index (κ1) is 16.1. The molecule has 1 aromatic rings. The Kier molecular flexibility index (Phi) is 4.47. The molecule has 0 N–H and O–H groups in total. The Hall–Kier alpha value is -1.77. The van der Waals surface area contributed by atoms with Gasteiger partial charge in [0.25, 0.3) is 0 Å². The van der Waals surface area contributed by atoms with Crippen molar-refractivity contribution in [1.82, 2.24) is 14.7 Å². The molecule has 3 rings (SSSR count). The van der Waals surface area contributed by atoms with Gasteiger partial charge in [0, 0.05) is 38.0 Å². The maximum Gasteiger partial charge on any atom is 0.333 e. The number of aryl methyl sites for hydroxylation is 2. The van der Waals surface area contributed by atoms with E-state index in [2.05, 4.69) is 26.8 Å². The topological polar surface area (TPSA) is 79.8 Å². The van der Waals surface area contributed by atoms with E-state index in [9.17, 15) is 10.1 Å². The normalized spacial score (nSPS) is 21.7. The van der Waals surface area contributed by atoms with E-state index in [1.54, 1.807) is 11.6 Å². The molecule has 0 bridgehead atoms. The SMILES string of the molecule is CCn1nc(C)c([N+](=O)[O-])c1N1CCN(C2=NCC(C)S2)CC1. The quantitative estimate of drug-likeness (QED) is 0.617. The second kappa shape index (κ2) is 6.38. The first-order valence-electron chi connectivity index (χ1n) is 7.94. The van der Waals surface area contributed by atoms with Crippen LogP contribution in [-0.4, -0.2) is 62.7 Å². The largest absolute Gasteiger partial charge is 0.348 e. The second-order valence-corrected chi connectivity index (χ2v) is 7.26. The van der Waals surface area contributed by atoms with Gasteiger partial charge < -0.3 is 9.80 Å². The predicted molar refractivity (Wildman–Crippen MR) is 92.4 cm³/mol. The number of nitro groups is 1. The molecule has 126 valence electrons. The van der Waals surface area contributed by atoms with Crippen molar-refractivity contribution in [2.24, 2.45) is 4.99 Å². The number of nitrogens with zero attached hydrogens (tertiary/aromatic N) is 6. The van der Waals surface area contributed by atoms with Crippen molar-refractivity contribution in [3.05, 3.63) is 15.8 Å². The summed E-state index contributed by atoms with van der Waals surface area (Å²) in [4.78, 5) is 20.1. The highest BCUT2D eigenvalue weighted by atomic mass is 32.2. The fourth-order valence-electron chi connectivity index (χ4n) is 3.05. The molecule has 0 aromatic carbocycles. The zero-order valence-electron chi connectivity index (χ0n) is 13.7. The average molecular weight is 338 g/mol. The lowest BCUT2D eigenvalue weighted by Gasteiger charge is -2.36. The van der Waals surface area contributed by atoms with Crippen molar-refractivity contribution in [2.45, 2.75) is 32.6 Å². The molecule has 1 saturated heterocycles. The molecule has 1 aromatic heterocycles. The predicted octanol–water partition coefficient (Wildman–Crippen LogP) is 1.73. The lowest BCUT2D eigenvalue weighted by atomic mass is 10.3. The number of hydrogen-bond acceptors (Lipinski definition) is 7. The van der Waals surface area contributed by atoms with Gasteiger partial charge in [0.15, 0.2) is 5.17 Å². The van der Waals surface area contributed by atoms with Crippen LogP contribution >= 0.6 is 11.8 Å². The molecule has 23 heavy (non-hydrogen) atoms. The van der Waals surface area contributed by atoms with Gasteiger partial charge in [0.05, 0.1) is 11.5 Å². The van der Waals surface area contributed by atoms with Crippen molar-refractivity contribution < 1.29 is 4.92 Å². The molecular formula is C14H22N6O2S. The van der Waals surface area contributed by atoms with Crippen LogP contribution in [0.1, 0.15) is 19.5 Å². The Morgan fingerprint density at radius 1 is 1.30 bits per heavy atom. The van der Waals surface area contributed by atoms with Crippen LogP contribution in [0.2, 0.25) is 0 Å². The molecule has 0 saturated carbocycles. The summed E-state index contributed by atoms with van der Waals surface area (Å²) in [5.41, 5.74) is 0.625. The Labute approximate surface area is 139 Å². The summed E-state index contributed by atoms with van der Waals surface area (Å²) >= 11 is 1.82. The van der Waals surface area contributed by atoms with Crippen LogP contribution in [0, 0.1) is 17.0 Å². The molecule has 9 heteroatoms. The number of piperazine rings is 1. The summed E-state index contributed by atoms with van der Waals surface area (Å²) in [7, 11) is 0. The lowest BCUT2D eigenvalue weighted by molar-refractivity contribution is -0.384. The molecule has 1 fully saturated rings. The molecule has 2 aliphatic rings. The summed E-state index contributed by atoms with van der Waals surface area (Å²) < 4.78 is 1.74. The number of aromatic nitrogens is 2. The number of thioether (sulfide) groups is 1. The van der Waals surface area contributed by atoms with Gasteiger partial charge in [-0.25, -0.2) is 4.68 Å². The highest BCUT2D eigenvalue weighted by molar-refractivity contribution is 8.14. The number of rotatable bonds is 3. The summed E-state index contributed by atoms with van der Waals surface area (Å²) in [5.74, 6) is 0.643. The Bertz CT molecular complexity index is 635. The molecule has 3 heterocycles. The van der Waals surface area contributed by atoms with Gasteiger partial charge in [-0.15, -0.1) is 0 Å². The average Bonchev–Trinajstić information content (AvgIpc) is 3.10. The highest BCUT2D eigenvalue weighted by Crippen LogP contribution is 2.33. The lowest BCUT2D eigenvalue weighted by Crippen LogP contribution is -2.48. The van der Waals surface area contributed by atoms with Crippen LogP contribution in [0.5, 0.6) is 0 Å². The maximum absolute atomic E-state index is 11.4. The van der Waals surface area contributed by atoms with Crippen molar-refractivity contribution >= 4 is 28.4 Å². The molecule has 0 radical (unpaired) electrons. The van der Waals surface area contributed by atoms with Gasteiger partial charge in [0.1, 0.15) is 5.69 Å². The van der Waals surface area contributed by atoms with E-state index in [4.69, 9.17) is 0 Å². The molecule has 8 nitrogen and oxygen atoms in total. The van der Waals surface area contributed by atoms with Crippen LogP contribution in [0.3, 0.4) is 0 Å². The van der Waals surface area contributed by atoms with Crippen LogP contribution in [-0.2, 0) is 6.54 Å². The molecule has 2 aliphatic heterocycles. The van der Waals surface area contributed by atoms with Crippen molar-refractivity contribution in [3.8, 4) is 0 Å². The minimum atomic E-state index is -0.311. The maximum atomic E-state index is 11.4. The van der Waals surface area contributed by atoms with E-state index in [-0.39, 0.29) is 10.6 Å². The zero-order chi connectivity index (χ0) is 16.6. The minimum Gasteiger partial charge on any atom is -0.348 e. The third-order valence-electron chi connectivity index (χ3n) is 4.19. The number of anilines is 1. The Morgan fingerprint density at radius 2 is 1.96 bits per heavy atom. The molecular weight excluding hydrogens is 316 g/mol. The first-order chi connectivity index (χ1) is 11.0. The van der Waals surface area contributed by atoms with E-state index >= 15 is 0 Å². The number of amidine groups is 1. The molecule has 0 amide bonds. The summed E-state index contributed by atoms with van der Waals surface area (Å²) in [6, 6.07) is 0. The summed E-state index contributed by atoms with van der Waals surface area (Å²) in [6.45, 7) is 10.5. The number of hydrogen-bond donors (Lipinski definition) is 0. The number of aliphatic imine (C=N–C) groups is 1. The highest BCUT2D eigenvalue weighted by Gasteiger charge is 2.32. The fourth-order valence-corrected chi connectivity index (χ4v) is 4.04. The van der Waals surface area contributed by atoms with E-state index < -0.39 is 0 Å². The van der Waals surface area contributed by atoms with E-state index in [1.807, 2.05) is 18.7 Å². The summed E-state index contributed by atoms with van der Waals surface area (Å²) in [5, 5.41) is 17.4. The van der Waals surface area contributed by atoms with Crippen LogP contribution in [0.25, 0.3) is 0 Å². The smallest absolute Gasteiger partial charge is 0.333 e. The second-order valence-electron chi connectivity index (χ2n) is 5.86. The molecule has 1 unspecified atom stereocenters. The van der Waals surface area contributed by atoms with Crippen molar-refractivity contribution in [2.75, 3.05) is 37.6 Å². The van der Waals surface area contributed by atoms with Gasteiger partial charge >= 0.3 is 5.69 Å². The zero-order valence-corrected chi connectivity index (χ0v) is 14.5. The van der Waals surface area contributed by atoms with E-state index in [0.717, 1.165) is 37.9 Å². The van der Waals surface area contributed by atoms with E-state index in [0.29, 0.717) is 23.3 Å². The van der Waals surface area contributed by atoms with Gasteiger partial charge in [-0.05, 0) is 13.8 Å². The molecule has 0 spiro atoms. The van der Waals surface area contributed by atoms with Gasteiger partial charge in [-0.3, -0.25) is 15.1 Å². The van der Waals surface area contributed by atoms with Crippen molar-refractivity contribution in [3.63, 3.8) is 0 Å². The third-order valence-corrected chi connectivity index (χ3v) is 5.34. The van der Waals surface area contributed by atoms with Gasteiger partial charge in [-0.2, -0.15) is 5.10 Å². The van der Waals surface area contributed by atoms with Crippen molar-refractivity contribution in [1.29, 1.82) is 0 Å². The van der Waals surface area contributed by atoms with Crippen LogP contribution < -0.4 is 4.90 Å². The van der Waals surface area contributed by atoms with Gasteiger partial charge in [-0.1, -0.05) is 18.7 Å². The molecule has 0 aliphatic carbocycles. The first-order valence-corrected chi connectivity index (χ1v) is 8.82. The van der Waals surface area contributed by atoms with Gasteiger partial charge in [0.2, 0.25) is 5.82 Å². The Balaban J connectivity index is 1.76. The molecule has 1 atom stereocenters. The standard InChI is InChI=1S/C14H22N6O2S/c1-4-19-13(12(20(21)22)11(3)16-19)17-5-7-18(8-6-17)14-15-9-10(2)23-14/h10H,4-9H2,1-3H3. The van der Waals surface area contributed by atoms with Crippen LogP contribution in [0.4, 0.5) is 11.5 Å². The third kappa shape index (κ3) is 3.01. The fraction of sp³-hybridized carbons (Fsp3) is 0.714. The Morgan fingerprint density at radius 3 is 2.48 bits per heavy atom. The van der Waals surface area contributed by atoms with Crippen LogP contribution in [0.15, 0.2) is 4.99 Å². The summed E-state index contributed by atoms with van der Waals surface area (Å²) in [6.07, 6.45) is 0. The van der Waals surface area contributed by atoms with E-state index in [1.165, 1.54) is 0 Å².